The minimum absolute atomic E-state index is 0.0380. The highest BCUT2D eigenvalue weighted by atomic mass is 35.5. The highest BCUT2D eigenvalue weighted by Gasteiger charge is 2.17. The van der Waals surface area contributed by atoms with Gasteiger partial charge in [-0.1, -0.05) is 0 Å². The highest BCUT2D eigenvalue weighted by molar-refractivity contribution is 6.18. The molecule has 0 aromatic heterocycles. The normalized spacial score (nSPS) is 11.8. The number of methoxy groups -OCH3 is 1. The molecule has 0 fully saturated rings. The number of alkyl halides is 1. The zero-order chi connectivity index (χ0) is 15.1. The summed E-state index contributed by atoms with van der Waals surface area (Å²) in [4.78, 5) is 11.3. The molecule has 0 saturated carbocycles. The molecule has 3 N–H and O–H groups in total. The van der Waals surface area contributed by atoms with E-state index in [4.69, 9.17) is 21.1 Å². The van der Waals surface area contributed by atoms with Crippen molar-refractivity contribution in [1.29, 1.82) is 0 Å². The first-order chi connectivity index (χ1) is 9.53. The van der Waals surface area contributed by atoms with Crippen LogP contribution in [0.25, 0.3) is 0 Å². The van der Waals surface area contributed by atoms with Crippen LogP contribution in [0.15, 0.2) is 12.1 Å². The quantitative estimate of drug-likeness (QED) is 0.635. The molecule has 1 aromatic rings. The number of aromatic carboxylic acids is 1. The number of carboxylic acid groups (broad SMARTS) is 1. The summed E-state index contributed by atoms with van der Waals surface area (Å²) in [5.74, 6) is -0.268. The third kappa shape index (κ3) is 4.18. The van der Waals surface area contributed by atoms with Gasteiger partial charge in [0, 0.05) is 18.7 Å². The Balaban J connectivity index is 3.10. The number of benzene rings is 1. The summed E-state index contributed by atoms with van der Waals surface area (Å²) in [7, 11) is 1.47. The summed E-state index contributed by atoms with van der Waals surface area (Å²) >= 11 is 5.49. The number of ether oxygens (including phenoxy) is 2. The predicted molar refractivity (Wildman–Crippen MR) is 76.3 cm³/mol. The molecule has 1 atom stereocenters. The smallest absolute Gasteiger partial charge is 0.337 e. The van der Waals surface area contributed by atoms with Gasteiger partial charge in [0.05, 0.1) is 37.0 Å². The Bertz CT molecular complexity index is 466. The molecule has 1 unspecified atom stereocenters. The Hall–Kier alpha value is -1.66. The molecule has 1 aromatic carbocycles. The number of anilines is 1. The van der Waals surface area contributed by atoms with Crippen LogP contribution in [0.4, 0.5) is 5.69 Å². The third-order valence-corrected chi connectivity index (χ3v) is 2.90. The number of nitrogens with one attached hydrogen (secondary N) is 1. The van der Waals surface area contributed by atoms with E-state index in [2.05, 4.69) is 5.32 Å². The first-order valence-corrected chi connectivity index (χ1v) is 6.62. The number of hydrogen-bond acceptors (Lipinski definition) is 5. The summed E-state index contributed by atoms with van der Waals surface area (Å²) in [6, 6.07) is 2.91. The van der Waals surface area contributed by atoms with Crippen LogP contribution in [0.3, 0.4) is 0 Å². The molecule has 0 aliphatic heterocycles. The molecule has 0 amide bonds. The molecule has 0 radical (unpaired) electrons. The monoisotopic (exact) mass is 303 g/mol. The van der Waals surface area contributed by atoms with E-state index in [1.54, 1.807) is 6.92 Å². The Morgan fingerprint density at radius 1 is 1.45 bits per heavy atom. The maximum atomic E-state index is 11.3. The van der Waals surface area contributed by atoms with Crippen molar-refractivity contribution in [2.24, 2.45) is 0 Å². The number of aliphatic hydroxyl groups is 1. The van der Waals surface area contributed by atoms with Crippen LogP contribution in [0.1, 0.15) is 17.3 Å². The predicted octanol–water partition coefficient (Wildman–Crippen LogP) is 1.80. The van der Waals surface area contributed by atoms with Crippen LogP contribution in [0.5, 0.6) is 11.5 Å². The lowest BCUT2D eigenvalue weighted by molar-refractivity contribution is 0.0697. The number of aliphatic hydroxyl groups excluding tert-OH is 1. The van der Waals surface area contributed by atoms with Gasteiger partial charge in [0.2, 0.25) is 0 Å². The van der Waals surface area contributed by atoms with Crippen molar-refractivity contribution in [2.75, 3.05) is 31.5 Å². The van der Waals surface area contributed by atoms with Crippen molar-refractivity contribution >= 4 is 23.3 Å². The van der Waals surface area contributed by atoms with Crippen molar-refractivity contribution in [3.05, 3.63) is 17.7 Å². The number of carboxylic acids is 1. The van der Waals surface area contributed by atoms with Gasteiger partial charge in [-0.15, -0.1) is 11.6 Å². The fourth-order valence-corrected chi connectivity index (χ4v) is 1.70. The van der Waals surface area contributed by atoms with Gasteiger partial charge >= 0.3 is 5.97 Å². The number of rotatable bonds is 8. The third-order valence-electron chi connectivity index (χ3n) is 2.54. The van der Waals surface area contributed by atoms with E-state index < -0.39 is 12.1 Å². The van der Waals surface area contributed by atoms with E-state index in [9.17, 15) is 15.0 Å². The summed E-state index contributed by atoms with van der Waals surface area (Å²) in [6.07, 6.45) is -0.768. The van der Waals surface area contributed by atoms with Crippen molar-refractivity contribution in [3.63, 3.8) is 0 Å². The summed E-state index contributed by atoms with van der Waals surface area (Å²) in [5.41, 5.74) is 0.373. The Morgan fingerprint density at radius 3 is 2.65 bits per heavy atom. The highest BCUT2D eigenvalue weighted by Crippen LogP contribution is 2.33. The first kappa shape index (κ1) is 16.4. The summed E-state index contributed by atoms with van der Waals surface area (Å²) < 4.78 is 10.5. The molecule has 0 spiro atoms. The lowest BCUT2D eigenvalue weighted by Crippen LogP contribution is -2.22. The maximum absolute atomic E-state index is 11.3. The standard InChI is InChI=1S/C13H18ClNO5/c1-3-20-12-4-9(13(17)18)10(5-11(12)19-2)15-7-8(16)6-14/h4-5,8,15-16H,3,6-7H2,1-2H3,(H,17,18). The van der Waals surface area contributed by atoms with E-state index in [1.165, 1.54) is 19.2 Å². The van der Waals surface area contributed by atoms with Crippen molar-refractivity contribution in [2.45, 2.75) is 13.0 Å². The second-order valence-electron chi connectivity index (χ2n) is 3.98. The van der Waals surface area contributed by atoms with Crippen LogP contribution >= 0.6 is 11.6 Å². The molecule has 0 aliphatic carbocycles. The van der Waals surface area contributed by atoms with Gasteiger partial charge in [0.1, 0.15) is 0 Å². The summed E-state index contributed by atoms with van der Waals surface area (Å²) in [5, 5.41) is 21.5. The van der Waals surface area contributed by atoms with Gasteiger partial charge in [-0.25, -0.2) is 4.79 Å². The van der Waals surface area contributed by atoms with Crippen molar-refractivity contribution < 1.29 is 24.5 Å². The average molecular weight is 304 g/mol. The molecule has 0 bridgehead atoms. The largest absolute Gasteiger partial charge is 0.493 e. The fourth-order valence-electron chi connectivity index (χ4n) is 1.59. The topological polar surface area (TPSA) is 88.0 Å². The van der Waals surface area contributed by atoms with E-state index >= 15 is 0 Å². The second kappa shape index (κ2) is 7.81. The van der Waals surface area contributed by atoms with Crippen LogP contribution in [-0.2, 0) is 0 Å². The van der Waals surface area contributed by atoms with Gasteiger partial charge in [-0.3, -0.25) is 0 Å². The minimum atomic E-state index is -1.10. The van der Waals surface area contributed by atoms with E-state index in [0.29, 0.717) is 23.8 Å². The molecule has 112 valence electrons. The van der Waals surface area contributed by atoms with E-state index in [0.717, 1.165) is 0 Å². The molecule has 6 nitrogen and oxygen atoms in total. The average Bonchev–Trinajstić information content (AvgIpc) is 2.44. The summed E-state index contributed by atoms with van der Waals surface area (Å²) in [6.45, 7) is 2.33. The molecule has 7 heteroatoms. The van der Waals surface area contributed by atoms with Crippen molar-refractivity contribution in [1.82, 2.24) is 0 Å². The first-order valence-electron chi connectivity index (χ1n) is 6.09. The number of carbonyl (C=O) groups is 1. The van der Waals surface area contributed by atoms with Crippen LogP contribution in [-0.4, -0.2) is 48.4 Å². The number of halogens is 1. The van der Waals surface area contributed by atoms with Gasteiger partial charge in [0.15, 0.2) is 11.5 Å². The minimum Gasteiger partial charge on any atom is -0.493 e. The molecule has 0 aliphatic rings. The zero-order valence-electron chi connectivity index (χ0n) is 11.4. The second-order valence-corrected chi connectivity index (χ2v) is 4.28. The molecular weight excluding hydrogens is 286 g/mol. The molecule has 0 saturated heterocycles. The SMILES string of the molecule is CCOc1cc(C(=O)O)c(NCC(O)CCl)cc1OC. The van der Waals surface area contributed by atoms with Gasteiger partial charge in [-0.05, 0) is 6.92 Å². The molecule has 0 heterocycles. The number of hydrogen-bond donors (Lipinski definition) is 3. The fraction of sp³-hybridized carbons (Fsp3) is 0.462. The Kier molecular flexibility index (Phi) is 6.41. The van der Waals surface area contributed by atoms with Crippen molar-refractivity contribution in [3.8, 4) is 11.5 Å². The molecule has 20 heavy (non-hydrogen) atoms. The Labute approximate surface area is 122 Å². The Morgan fingerprint density at radius 2 is 2.15 bits per heavy atom. The lowest BCUT2D eigenvalue weighted by atomic mass is 10.1. The van der Waals surface area contributed by atoms with E-state index in [-0.39, 0.29) is 18.0 Å². The molecule has 1 rings (SSSR count). The lowest BCUT2D eigenvalue weighted by Gasteiger charge is -2.16. The van der Waals surface area contributed by atoms with Crippen LogP contribution in [0, 0.1) is 0 Å². The maximum Gasteiger partial charge on any atom is 0.337 e. The zero-order valence-corrected chi connectivity index (χ0v) is 12.1. The van der Waals surface area contributed by atoms with Gasteiger partial charge in [0.25, 0.3) is 0 Å². The van der Waals surface area contributed by atoms with Crippen LogP contribution in [0.2, 0.25) is 0 Å². The molecular formula is C13H18ClNO5. The van der Waals surface area contributed by atoms with Gasteiger partial charge < -0.3 is 25.0 Å². The van der Waals surface area contributed by atoms with Crippen LogP contribution < -0.4 is 14.8 Å². The van der Waals surface area contributed by atoms with Gasteiger partial charge in [-0.2, -0.15) is 0 Å². The van der Waals surface area contributed by atoms with E-state index in [1.807, 2.05) is 0 Å².